The summed E-state index contributed by atoms with van der Waals surface area (Å²) >= 11 is 0. The molecule has 0 aliphatic carbocycles. The molecule has 0 amide bonds. The summed E-state index contributed by atoms with van der Waals surface area (Å²) in [5.74, 6) is -0.217. The van der Waals surface area contributed by atoms with E-state index in [0.29, 0.717) is 22.6 Å². The van der Waals surface area contributed by atoms with E-state index >= 15 is 0 Å². The molecule has 2 rings (SSSR count). The lowest BCUT2D eigenvalue weighted by Crippen LogP contribution is -2.25. The van der Waals surface area contributed by atoms with Gasteiger partial charge in [0.2, 0.25) is 0 Å². The first-order valence-electron chi connectivity index (χ1n) is 7.15. The van der Waals surface area contributed by atoms with E-state index in [2.05, 4.69) is 4.99 Å². The summed E-state index contributed by atoms with van der Waals surface area (Å²) in [6.45, 7) is 1.38. The average molecular weight is 355 g/mol. The van der Waals surface area contributed by atoms with E-state index in [9.17, 15) is 17.1 Å². The van der Waals surface area contributed by atoms with Gasteiger partial charge in [0.1, 0.15) is 5.54 Å². The number of hydrogen-bond donors (Lipinski definition) is 0. The van der Waals surface area contributed by atoms with Crippen LogP contribution in [0.1, 0.15) is 29.3 Å². The van der Waals surface area contributed by atoms with Crippen molar-refractivity contribution in [2.75, 3.05) is 20.0 Å². The third-order valence-electron chi connectivity index (χ3n) is 3.86. The van der Waals surface area contributed by atoms with Gasteiger partial charge in [0.25, 0.3) is 0 Å². The fraction of sp³-hybridized carbons (Fsp3) is 0.375. The second-order valence-corrected chi connectivity index (χ2v) is 6.85. The van der Waals surface area contributed by atoms with Crippen molar-refractivity contribution in [2.24, 2.45) is 4.99 Å². The Bertz CT molecular complexity index is 802. The maximum atomic E-state index is 13.0. The van der Waals surface area contributed by atoms with Crippen molar-refractivity contribution in [1.82, 2.24) is 0 Å². The zero-order chi connectivity index (χ0) is 18.0. The SMILES string of the molecule is COc1cc(C(C)=O)c(C2(CCS(=O)(=O)F)C=CC=N2)cc1OC. The number of ether oxygens (including phenoxy) is 2. The standard InChI is InChI=1S/C16H18FNO5S/c1-11(19)12-9-14(22-2)15(23-3)10-13(12)16(5-4-7-18-16)6-8-24(17,20)21/h4-5,7,9-10H,6,8H2,1-3H3. The number of hydrogen-bond acceptors (Lipinski definition) is 6. The average Bonchev–Trinajstić information content (AvgIpc) is 3.01. The summed E-state index contributed by atoms with van der Waals surface area (Å²) in [5.41, 5.74) is -0.381. The summed E-state index contributed by atoms with van der Waals surface area (Å²) in [5, 5.41) is 0. The molecule has 0 N–H and O–H groups in total. The van der Waals surface area contributed by atoms with Crippen molar-refractivity contribution < 1.29 is 26.6 Å². The summed E-state index contributed by atoms with van der Waals surface area (Å²) in [7, 11) is -1.78. The first-order chi connectivity index (χ1) is 11.2. The van der Waals surface area contributed by atoms with Gasteiger partial charge < -0.3 is 9.47 Å². The third-order valence-corrected chi connectivity index (χ3v) is 4.55. The lowest BCUT2D eigenvalue weighted by molar-refractivity contribution is 0.101. The van der Waals surface area contributed by atoms with Crippen LogP contribution in [0.25, 0.3) is 0 Å². The molecule has 0 fully saturated rings. The molecule has 0 saturated carbocycles. The quantitative estimate of drug-likeness (QED) is 0.554. The van der Waals surface area contributed by atoms with Gasteiger partial charge in [-0.3, -0.25) is 9.79 Å². The van der Waals surface area contributed by atoms with E-state index in [1.807, 2.05) is 0 Å². The van der Waals surface area contributed by atoms with Crippen molar-refractivity contribution in [3.8, 4) is 11.5 Å². The lowest BCUT2D eigenvalue weighted by Gasteiger charge is -2.27. The highest BCUT2D eigenvalue weighted by molar-refractivity contribution is 7.86. The van der Waals surface area contributed by atoms with Crippen LogP contribution in [0.5, 0.6) is 11.5 Å². The molecule has 1 unspecified atom stereocenters. The Balaban J connectivity index is 2.63. The predicted octanol–water partition coefficient (Wildman–Crippen LogP) is 2.43. The van der Waals surface area contributed by atoms with E-state index in [-0.39, 0.29) is 12.2 Å². The fourth-order valence-corrected chi connectivity index (χ4v) is 3.22. The highest BCUT2D eigenvalue weighted by Crippen LogP contribution is 2.41. The monoisotopic (exact) mass is 355 g/mol. The van der Waals surface area contributed by atoms with Gasteiger partial charge in [0.05, 0.1) is 20.0 Å². The molecule has 8 heteroatoms. The number of carbonyl (C=O) groups excluding carboxylic acids is 1. The molecular formula is C16H18FNO5S. The first-order valence-corrected chi connectivity index (χ1v) is 8.70. The molecule has 130 valence electrons. The summed E-state index contributed by atoms with van der Waals surface area (Å²) < 4.78 is 45.4. The smallest absolute Gasteiger partial charge is 0.302 e. The normalized spacial score (nSPS) is 19.5. The largest absolute Gasteiger partial charge is 0.493 e. The minimum Gasteiger partial charge on any atom is -0.493 e. The zero-order valence-electron chi connectivity index (χ0n) is 13.6. The first kappa shape index (κ1) is 18.1. The van der Waals surface area contributed by atoms with E-state index in [1.54, 1.807) is 18.2 Å². The summed E-state index contributed by atoms with van der Waals surface area (Å²) in [4.78, 5) is 16.4. The van der Waals surface area contributed by atoms with Crippen LogP contribution in [-0.4, -0.2) is 40.4 Å². The molecule has 0 radical (unpaired) electrons. The molecule has 1 aromatic rings. The Morgan fingerprint density at radius 2 is 1.88 bits per heavy atom. The number of methoxy groups -OCH3 is 2. The van der Waals surface area contributed by atoms with Crippen LogP contribution in [-0.2, 0) is 15.8 Å². The van der Waals surface area contributed by atoms with Gasteiger partial charge in [0.15, 0.2) is 17.3 Å². The van der Waals surface area contributed by atoms with E-state index in [1.165, 1.54) is 33.4 Å². The summed E-state index contributed by atoms with van der Waals surface area (Å²) in [6, 6.07) is 3.09. The second kappa shape index (κ2) is 6.72. The van der Waals surface area contributed by atoms with E-state index < -0.39 is 21.5 Å². The number of benzene rings is 1. The molecule has 6 nitrogen and oxygen atoms in total. The fourth-order valence-electron chi connectivity index (χ4n) is 2.67. The van der Waals surface area contributed by atoms with Gasteiger partial charge in [0, 0.05) is 11.8 Å². The maximum Gasteiger partial charge on any atom is 0.302 e. The molecule has 1 aliphatic heterocycles. The number of aliphatic imine (C=N–C) groups is 1. The number of halogens is 1. The third kappa shape index (κ3) is 3.64. The molecule has 0 aromatic heterocycles. The summed E-state index contributed by atoms with van der Waals surface area (Å²) in [6.07, 6.45) is 4.64. The van der Waals surface area contributed by atoms with Gasteiger partial charge in [-0.2, -0.15) is 8.42 Å². The van der Waals surface area contributed by atoms with Gasteiger partial charge in [-0.05, 0) is 37.1 Å². The van der Waals surface area contributed by atoms with Crippen LogP contribution in [0.3, 0.4) is 0 Å². The van der Waals surface area contributed by atoms with Gasteiger partial charge in [-0.1, -0.05) is 6.08 Å². The van der Waals surface area contributed by atoms with E-state index in [0.717, 1.165) is 0 Å². The zero-order valence-corrected chi connectivity index (χ0v) is 14.4. The predicted molar refractivity (Wildman–Crippen MR) is 88.4 cm³/mol. The van der Waals surface area contributed by atoms with Gasteiger partial charge in [-0.25, -0.2) is 0 Å². The van der Waals surface area contributed by atoms with Crippen LogP contribution in [0.15, 0.2) is 29.3 Å². The van der Waals surface area contributed by atoms with Crippen LogP contribution < -0.4 is 9.47 Å². The molecule has 0 spiro atoms. The number of nitrogens with zero attached hydrogens (tertiary/aromatic N) is 1. The molecule has 24 heavy (non-hydrogen) atoms. The van der Waals surface area contributed by atoms with E-state index in [4.69, 9.17) is 9.47 Å². The molecule has 1 atom stereocenters. The minimum atomic E-state index is -4.67. The van der Waals surface area contributed by atoms with Gasteiger partial charge in [-0.15, -0.1) is 3.89 Å². The van der Waals surface area contributed by atoms with Crippen molar-refractivity contribution in [3.63, 3.8) is 0 Å². The van der Waals surface area contributed by atoms with Crippen LogP contribution in [0.2, 0.25) is 0 Å². The molecule has 0 bridgehead atoms. The Morgan fingerprint density at radius 1 is 1.25 bits per heavy atom. The topological polar surface area (TPSA) is 82.0 Å². The minimum absolute atomic E-state index is 0.130. The van der Waals surface area contributed by atoms with Crippen LogP contribution >= 0.6 is 0 Å². The maximum absolute atomic E-state index is 13.0. The van der Waals surface area contributed by atoms with Crippen molar-refractivity contribution >= 4 is 22.2 Å². The molecule has 1 aliphatic rings. The highest BCUT2D eigenvalue weighted by atomic mass is 32.3. The Kier molecular flexibility index (Phi) is 5.08. The molecule has 1 aromatic carbocycles. The van der Waals surface area contributed by atoms with Crippen molar-refractivity contribution in [3.05, 3.63) is 35.4 Å². The molecular weight excluding hydrogens is 337 g/mol. The molecule has 1 heterocycles. The Labute approximate surface area is 140 Å². The number of ketones is 1. The van der Waals surface area contributed by atoms with Crippen molar-refractivity contribution in [1.29, 1.82) is 0 Å². The second-order valence-electron chi connectivity index (χ2n) is 5.36. The van der Waals surface area contributed by atoms with Crippen LogP contribution in [0, 0.1) is 0 Å². The Hall–Kier alpha value is -2.22. The number of allylic oxidation sites excluding steroid dienone is 1. The Morgan fingerprint density at radius 3 is 2.33 bits per heavy atom. The van der Waals surface area contributed by atoms with Crippen molar-refractivity contribution in [2.45, 2.75) is 18.9 Å². The number of rotatable bonds is 7. The molecule has 0 saturated heterocycles. The number of Topliss-reactive ketones (excluding diaryl/α,β-unsaturated/α-hetero) is 1. The van der Waals surface area contributed by atoms with Gasteiger partial charge >= 0.3 is 10.2 Å². The number of carbonyl (C=O) groups is 1. The highest BCUT2D eigenvalue weighted by Gasteiger charge is 2.36. The lowest BCUT2D eigenvalue weighted by atomic mass is 9.83. The van der Waals surface area contributed by atoms with Crippen LogP contribution in [0.4, 0.5) is 3.89 Å².